The van der Waals surface area contributed by atoms with Gasteiger partial charge >= 0.3 is 6.09 Å². The first-order valence-electron chi connectivity index (χ1n) is 12.4. The van der Waals surface area contributed by atoms with Gasteiger partial charge in [0.05, 0.1) is 16.1 Å². The molecule has 0 aromatic heterocycles. The number of amides is 3. The van der Waals surface area contributed by atoms with Crippen LogP contribution in [0.2, 0.25) is 0 Å². The molecule has 1 saturated carbocycles. The third-order valence-corrected chi connectivity index (χ3v) is 8.90. The van der Waals surface area contributed by atoms with Crippen LogP contribution in [0.5, 0.6) is 0 Å². The van der Waals surface area contributed by atoms with Crippen LogP contribution in [0.3, 0.4) is 0 Å². The van der Waals surface area contributed by atoms with Crippen molar-refractivity contribution in [3.05, 3.63) is 95.6 Å². The molecular formula is C28H29N3O7S. The summed E-state index contributed by atoms with van der Waals surface area (Å²) in [7, 11) is -3.80. The van der Waals surface area contributed by atoms with E-state index in [9.17, 15) is 22.8 Å². The summed E-state index contributed by atoms with van der Waals surface area (Å²) in [5, 5.41) is 13.4. The van der Waals surface area contributed by atoms with E-state index >= 15 is 0 Å². The highest BCUT2D eigenvalue weighted by molar-refractivity contribution is 7.92. The number of alkyl carbamates (subject to hydrolysis) is 1. The van der Waals surface area contributed by atoms with Crippen molar-refractivity contribution >= 4 is 33.4 Å². The van der Waals surface area contributed by atoms with Crippen molar-refractivity contribution < 1.29 is 32.7 Å². The standard InChI is InChI=1S/C28H29N3O7S/c32-26(21-11-9-19(10-12-21)17-29-28(34)38-18-20-5-2-1-3-6-20)30-22-13-15-23(16-14-22)39(36,37)25-8-4-7-24(25)27(33)31-35/h1-3,5-6,9-16,24-25,35H,4,7-8,17-18H2,(H,29,34)(H,30,32)(H,31,33)/t24-,25?/m0/s1. The Morgan fingerprint density at radius 3 is 2.23 bits per heavy atom. The molecule has 4 rings (SSSR count). The van der Waals surface area contributed by atoms with E-state index in [1.165, 1.54) is 24.3 Å². The van der Waals surface area contributed by atoms with Crippen molar-refractivity contribution in [1.29, 1.82) is 0 Å². The number of rotatable bonds is 9. The van der Waals surface area contributed by atoms with E-state index in [1.54, 1.807) is 29.7 Å². The molecule has 3 amide bonds. The number of sulfone groups is 1. The Hall–Kier alpha value is -4.22. The van der Waals surface area contributed by atoms with E-state index in [0.717, 1.165) is 11.1 Å². The minimum Gasteiger partial charge on any atom is -0.445 e. The summed E-state index contributed by atoms with van der Waals surface area (Å²) in [5.41, 5.74) is 4.00. The maximum Gasteiger partial charge on any atom is 0.407 e. The molecule has 3 aromatic carbocycles. The molecule has 0 heterocycles. The van der Waals surface area contributed by atoms with Crippen molar-refractivity contribution in [1.82, 2.24) is 10.8 Å². The largest absolute Gasteiger partial charge is 0.445 e. The van der Waals surface area contributed by atoms with Gasteiger partial charge in [-0.2, -0.15) is 0 Å². The van der Waals surface area contributed by atoms with Gasteiger partial charge in [-0.1, -0.05) is 48.9 Å². The fourth-order valence-corrected chi connectivity index (χ4v) is 6.54. The Labute approximate surface area is 226 Å². The highest BCUT2D eigenvalue weighted by Gasteiger charge is 2.42. The molecular weight excluding hydrogens is 522 g/mol. The van der Waals surface area contributed by atoms with Crippen LogP contribution in [0, 0.1) is 5.92 Å². The molecule has 1 unspecified atom stereocenters. The maximum atomic E-state index is 13.1. The molecule has 0 spiro atoms. The van der Waals surface area contributed by atoms with Gasteiger partial charge < -0.3 is 15.4 Å². The number of benzene rings is 3. The first kappa shape index (κ1) is 27.8. The monoisotopic (exact) mass is 551 g/mol. The highest BCUT2D eigenvalue weighted by Crippen LogP contribution is 2.35. The van der Waals surface area contributed by atoms with Crippen LogP contribution in [0.15, 0.2) is 83.8 Å². The van der Waals surface area contributed by atoms with Crippen molar-refractivity contribution in [3.63, 3.8) is 0 Å². The van der Waals surface area contributed by atoms with Crippen LogP contribution in [0.25, 0.3) is 0 Å². The molecule has 3 aromatic rings. The molecule has 10 nitrogen and oxygen atoms in total. The van der Waals surface area contributed by atoms with Crippen LogP contribution in [0.4, 0.5) is 10.5 Å². The number of ether oxygens (including phenoxy) is 1. The average Bonchev–Trinajstić information content (AvgIpc) is 3.47. The van der Waals surface area contributed by atoms with Crippen LogP contribution in [-0.4, -0.2) is 36.8 Å². The molecule has 204 valence electrons. The van der Waals surface area contributed by atoms with Gasteiger partial charge in [0, 0.05) is 17.8 Å². The minimum absolute atomic E-state index is 0.0438. The van der Waals surface area contributed by atoms with E-state index < -0.39 is 33.0 Å². The van der Waals surface area contributed by atoms with E-state index in [-0.39, 0.29) is 24.0 Å². The zero-order valence-corrected chi connectivity index (χ0v) is 21.8. The predicted molar refractivity (Wildman–Crippen MR) is 143 cm³/mol. The van der Waals surface area contributed by atoms with E-state index in [1.807, 2.05) is 30.3 Å². The molecule has 0 aliphatic heterocycles. The molecule has 0 saturated heterocycles. The van der Waals surface area contributed by atoms with Crippen molar-refractivity contribution in [3.8, 4) is 0 Å². The van der Waals surface area contributed by atoms with Gasteiger partial charge in [0.25, 0.3) is 5.91 Å². The molecule has 11 heteroatoms. The number of hydrogen-bond donors (Lipinski definition) is 4. The van der Waals surface area contributed by atoms with Crippen molar-refractivity contribution in [2.75, 3.05) is 5.32 Å². The molecule has 0 bridgehead atoms. The number of hydrogen-bond acceptors (Lipinski definition) is 7. The van der Waals surface area contributed by atoms with Crippen LogP contribution in [0.1, 0.15) is 40.7 Å². The van der Waals surface area contributed by atoms with Gasteiger partial charge in [-0.25, -0.2) is 18.7 Å². The zero-order chi connectivity index (χ0) is 27.8. The lowest BCUT2D eigenvalue weighted by Crippen LogP contribution is -2.36. The van der Waals surface area contributed by atoms with Gasteiger partial charge in [-0.05, 0) is 60.4 Å². The lowest BCUT2D eigenvalue weighted by Gasteiger charge is -2.18. The fraction of sp³-hybridized carbons (Fsp3) is 0.250. The van der Waals surface area contributed by atoms with E-state index in [4.69, 9.17) is 9.94 Å². The third kappa shape index (κ3) is 7.01. The first-order chi connectivity index (χ1) is 18.8. The van der Waals surface area contributed by atoms with Gasteiger partial charge in [-0.3, -0.25) is 14.8 Å². The van der Waals surface area contributed by atoms with E-state index in [2.05, 4.69) is 10.6 Å². The van der Waals surface area contributed by atoms with Crippen LogP contribution >= 0.6 is 0 Å². The molecule has 1 fully saturated rings. The molecule has 0 radical (unpaired) electrons. The summed E-state index contributed by atoms with van der Waals surface area (Å²) in [6.45, 7) is 0.397. The van der Waals surface area contributed by atoms with Gasteiger partial charge in [-0.15, -0.1) is 0 Å². The Morgan fingerprint density at radius 2 is 1.56 bits per heavy atom. The smallest absolute Gasteiger partial charge is 0.407 e. The molecule has 2 atom stereocenters. The zero-order valence-electron chi connectivity index (χ0n) is 21.0. The number of anilines is 1. The minimum atomic E-state index is -3.80. The number of nitrogens with one attached hydrogen (secondary N) is 3. The normalized spacial score (nSPS) is 16.7. The third-order valence-electron chi connectivity index (χ3n) is 6.60. The maximum absolute atomic E-state index is 13.1. The van der Waals surface area contributed by atoms with Crippen LogP contribution in [-0.2, 0) is 32.5 Å². The molecule has 39 heavy (non-hydrogen) atoms. The van der Waals surface area contributed by atoms with Gasteiger partial charge in [0.1, 0.15) is 6.61 Å². The molecule has 1 aliphatic carbocycles. The number of carbonyl (C=O) groups is 3. The van der Waals surface area contributed by atoms with Gasteiger partial charge in [0.15, 0.2) is 9.84 Å². The second-order valence-electron chi connectivity index (χ2n) is 9.19. The Bertz CT molecular complexity index is 1410. The average molecular weight is 552 g/mol. The lowest BCUT2D eigenvalue weighted by atomic mass is 10.1. The van der Waals surface area contributed by atoms with Crippen LogP contribution < -0.4 is 16.1 Å². The topological polar surface area (TPSA) is 151 Å². The lowest BCUT2D eigenvalue weighted by molar-refractivity contribution is -0.133. The highest BCUT2D eigenvalue weighted by atomic mass is 32.2. The second-order valence-corrected chi connectivity index (χ2v) is 11.4. The summed E-state index contributed by atoms with van der Waals surface area (Å²) in [5.74, 6) is -1.89. The summed E-state index contributed by atoms with van der Waals surface area (Å²) in [4.78, 5) is 36.5. The Morgan fingerprint density at radius 1 is 0.872 bits per heavy atom. The number of hydroxylamine groups is 1. The summed E-state index contributed by atoms with van der Waals surface area (Å²) >= 11 is 0. The molecule has 4 N–H and O–H groups in total. The predicted octanol–water partition coefficient (Wildman–Crippen LogP) is 3.81. The SMILES string of the molecule is O=C(NCc1ccc(C(=O)Nc2ccc(S(=O)(=O)C3CCC[C@@H]3C(=O)NO)cc2)cc1)OCc1ccccc1. The molecule has 1 aliphatic rings. The Balaban J connectivity index is 1.29. The summed E-state index contributed by atoms with van der Waals surface area (Å²) in [6.07, 6.45) is 0.742. The Kier molecular flexibility index (Phi) is 8.95. The second kappa shape index (κ2) is 12.5. The van der Waals surface area contributed by atoms with Gasteiger partial charge in [0.2, 0.25) is 5.91 Å². The number of carbonyl (C=O) groups excluding carboxylic acids is 3. The quantitative estimate of drug-likeness (QED) is 0.233. The van der Waals surface area contributed by atoms with Crippen molar-refractivity contribution in [2.24, 2.45) is 5.92 Å². The fourth-order valence-electron chi connectivity index (χ4n) is 4.51. The summed E-state index contributed by atoms with van der Waals surface area (Å²) < 4.78 is 31.3. The van der Waals surface area contributed by atoms with Crippen molar-refractivity contribution in [2.45, 2.75) is 42.6 Å². The van der Waals surface area contributed by atoms with E-state index in [0.29, 0.717) is 30.5 Å². The summed E-state index contributed by atoms with van der Waals surface area (Å²) in [6, 6.07) is 21.7. The first-order valence-corrected chi connectivity index (χ1v) is 14.0.